The van der Waals surface area contributed by atoms with Crippen molar-refractivity contribution >= 4 is 6.29 Å². The van der Waals surface area contributed by atoms with Gasteiger partial charge in [0.05, 0.1) is 5.56 Å². The molecule has 0 amide bonds. The van der Waals surface area contributed by atoms with Crippen LogP contribution in [0.2, 0.25) is 0 Å². The predicted molar refractivity (Wildman–Crippen MR) is 63.9 cm³/mol. The summed E-state index contributed by atoms with van der Waals surface area (Å²) in [5, 5.41) is 0. The maximum atomic E-state index is 10.9. The second kappa shape index (κ2) is 4.69. The van der Waals surface area contributed by atoms with E-state index < -0.39 is 0 Å². The molecule has 0 N–H and O–H groups in total. The first-order valence-corrected chi connectivity index (χ1v) is 5.97. The van der Waals surface area contributed by atoms with Crippen LogP contribution in [0.15, 0.2) is 24.3 Å². The van der Waals surface area contributed by atoms with Gasteiger partial charge in [-0.2, -0.15) is 0 Å². The third-order valence-electron chi connectivity index (χ3n) is 3.31. The minimum atomic E-state index is -0.0859. The van der Waals surface area contributed by atoms with E-state index in [-0.39, 0.29) is 5.60 Å². The van der Waals surface area contributed by atoms with Crippen molar-refractivity contribution in [2.45, 2.75) is 44.6 Å². The minimum absolute atomic E-state index is 0.0859. The van der Waals surface area contributed by atoms with Crippen LogP contribution in [0.5, 0.6) is 5.75 Å². The molecule has 0 radical (unpaired) electrons. The maximum Gasteiger partial charge on any atom is 0.153 e. The van der Waals surface area contributed by atoms with E-state index in [4.69, 9.17) is 4.74 Å². The van der Waals surface area contributed by atoms with Crippen LogP contribution in [-0.4, -0.2) is 11.9 Å². The zero-order valence-electron chi connectivity index (χ0n) is 9.74. The van der Waals surface area contributed by atoms with Gasteiger partial charge in [0.15, 0.2) is 6.29 Å². The standard InChI is InChI=1S/C14H18O2/c1-14(9-5-2-6-10-14)16-13-8-4-3-7-12(13)11-15/h3-4,7-8,11H,2,5-6,9-10H2,1H3. The van der Waals surface area contributed by atoms with Gasteiger partial charge in [-0.3, -0.25) is 4.79 Å². The molecule has 0 bridgehead atoms. The zero-order valence-corrected chi connectivity index (χ0v) is 9.74. The second-order valence-electron chi connectivity index (χ2n) is 4.77. The number of ether oxygens (including phenoxy) is 1. The van der Waals surface area contributed by atoms with Crippen molar-refractivity contribution in [1.29, 1.82) is 0 Å². The fourth-order valence-corrected chi connectivity index (χ4v) is 2.34. The van der Waals surface area contributed by atoms with Gasteiger partial charge < -0.3 is 4.74 Å². The van der Waals surface area contributed by atoms with Gasteiger partial charge in [0.2, 0.25) is 0 Å². The van der Waals surface area contributed by atoms with E-state index in [1.165, 1.54) is 19.3 Å². The first-order chi connectivity index (χ1) is 7.73. The van der Waals surface area contributed by atoms with Crippen LogP contribution in [-0.2, 0) is 0 Å². The van der Waals surface area contributed by atoms with Gasteiger partial charge >= 0.3 is 0 Å². The fourth-order valence-electron chi connectivity index (χ4n) is 2.34. The second-order valence-corrected chi connectivity index (χ2v) is 4.77. The quantitative estimate of drug-likeness (QED) is 0.724. The van der Waals surface area contributed by atoms with E-state index >= 15 is 0 Å². The van der Waals surface area contributed by atoms with Crippen molar-refractivity contribution in [3.8, 4) is 5.75 Å². The van der Waals surface area contributed by atoms with Gasteiger partial charge in [0, 0.05) is 0 Å². The molecule has 0 unspecified atom stereocenters. The Hall–Kier alpha value is -1.31. The topological polar surface area (TPSA) is 26.3 Å². The van der Waals surface area contributed by atoms with Crippen molar-refractivity contribution in [2.75, 3.05) is 0 Å². The number of carbonyl (C=O) groups excluding carboxylic acids is 1. The third-order valence-corrected chi connectivity index (χ3v) is 3.31. The smallest absolute Gasteiger partial charge is 0.153 e. The Bertz CT molecular complexity index is 365. The molecule has 1 fully saturated rings. The predicted octanol–water partition coefficient (Wildman–Crippen LogP) is 3.60. The lowest BCUT2D eigenvalue weighted by Crippen LogP contribution is -2.34. The third kappa shape index (κ3) is 2.43. The van der Waals surface area contributed by atoms with Crippen LogP contribution in [0.25, 0.3) is 0 Å². The lowest BCUT2D eigenvalue weighted by atomic mass is 9.86. The van der Waals surface area contributed by atoms with Crippen LogP contribution in [0.3, 0.4) is 0 Å². The average Bonchev–Trinajstić information content (AvgIpc) is 2.30. The number of aldehydes is 1. The molecule has 1 aromatic carbocycles. The van der Waals surface area contributed by atoms with Crippen LogP contribution in [0.4, 0.5) is 0 Å². The number of benzene rings is 1. The summed E-state index contributed by atoms with van der Waals surface area (Å²) >= 11 is 0. The largest absolute Gasteiger partial charge is 0.487 e. The van der Waals surface area contributed by atoms with Crippen molar-refractivity contribution < 1.29 is 9.53 Å². The molecule has 0 spiro atoms. The van der Waals surface area contributed by atoms with Gasteiger partial charge in [-0.15, -0.1) is 0 Å². The Morgan fingerprint density at radius 2 is 1.88 bits per heavy atom. The summed E-state index contributed by atoms with van der Waals surface area (Å²) in [4.78, 5) is 10.9. The van der Waals surface area contributed by atoms with Crippen molar-refractivity contribution in [1.82, 2.24) is 0 Å². The first kappa shape index (κ1) is 11.2. The molecular formula is C14H18O2. The van der Waals surface area contributed by atoms with Gasteiger partial charge in [-0.1, -0.05) is 18.6 Å². The summed E-state index contributed by atoms with van der Waals surface area (Å²) in [6.45, 7) is 2.15. The highest BCUT2D eigenvalue weighted by atomic mass is 16.5. The summed E-state index contributed by atoms with van der Waals surface area (Å²) in [7, 11) is 0. The molecule has 0 aromatic heterocycles. The summed E-state index contributed by atoms with van der Waals surface area (Å²) < 4.78 is 6.03. The highest BCUT2D eigenvalue weighted by Crippen LogP contribution is 2.33. The molecule has 0 aliphatic heterocycles. The van der Waals surface area contributed by atoms with Gasteiger partial charge in [0.1, 0.15) is 11.4 Å². The summed E-state index contributed by atoms with van der Waals surface area (Å²) in [5.74, 6) is 0.724. The monoisotopic (exact) mass is 218 g/mol. The maximum absolute atomic E-state index is 10.9. The number of carbonyl (C=O) groups is 1. The molecule has 0 heterocycles. The lowest BCUT2D eigenvalue weighted by molar-refractivity contribution is 0.0479. The molecule has 2 nitrogen and oxygen atoms in total. The van der Waals surface area contributed by atoms with E-state index in [9.17, 15) is 4.79 Å². The Morgan fingerprint density at radius 1 is 1.19 bits per heavy atom. The molecule has 1 aliphatic rings. The van der Waals surface area contributed by atoms with E-state index in [0.717, 1.165) is 24.9 Å². The normalized spacial score (nSPS) is 19.1. The molecular weight excluding hydrogens is 200 g/mol. The van der Waals surface area contributed by atoms with Gasteiger partial charge in [-0.25, -0.2) is 0 Å². The number of para-hydroxylation sites is 1. The van der Waals surface area contributed by atoms with Crippen LogP contribution >= 0.6 is 0 Å². The molecule has 1 saturated carbocycles. The summed E-state index contributed by atoms with van der Waals surface area (Å²) in [5.41, 5.74) is 0.562. The Labute approximate surface area is 96.6 Å². The molecule has 2 rings (SSSR count). The summed E-state index contributed by atoms with van der Waals surface area (Å²) in [6, 6.07) is 7.45. The SMILES string of the molecule is CC1(Oc2ccccc2C=O)CCCCC1. The Morgan fingerprint density at radius 3 is 2.56 bits per heavy atom. The lowest BCUT2D eigenvalue weighted by Gasteiger charge is -2.34. The molecule has 86 valence electrons. The molecule has 2 heteroatoms. The van der Waals surface area contributed by atoms with Crippen molar-refractivity contribution in [3.05, 3.63) is 29.8 Å². The van der Waals surface area contributed by atoms with E-state index in [0.29, 0.717) is 5.56 Å². The zero-order chi connectivity index (χ0) is 11.4. The molecule has 16 heavy (non-hydrogen) atoms. The first-order valence-electron chi connectivity index (χ1n) is 5.97. The number of rotatable bonds is 3. The van der Waals surface area contributed by atoms with Gasteiger partial charge in [-0.05, 0) is 44.7 Å². The molecule has 0 saturated heterocycles. The number of hydrogen-bond donors (Lipinski definition) is 0. The highest BCUT2D eigenvalue weighted by Gasteiger charge is 2.29. The molecule has 1 aliphatic carbocycles. The Balaban J connectivity index is 2.15. The van der Waals surface area contributed by atoms with E-state index in [2.05, 4.69) is 6.92 Å². The number of hydrogen-bond acceptors (Lipinski definition) is 2. The van der Waals surface area contributed by atoms with Crippen LogP contribution in [0.1, 0.15) is 49.4 Å². The van der Waals surface area contributed by atoms with Crippen molar-refractivity contribution in [3.63, 3.8) is 0 Å². The minimum Gasteiger partial charge on any atom is -0.487 e. The van der Waals surface area contributed by atoms with Crippen molar-refractivity contribution in [2.24, 2.45) is 0 Å². The van der Waals surface area contributed by atoms with Gasteiger partial charge in [0.25, 0.3) is 0 Å². The average molecular weight is 218 g/mol. The molecule has 1 aromatic rings. The van der Waals surface area contributed by atoms with E-state index in [1.54, 1.807) is 6.07 Å². The van der Waals surface area contributed by atoms with Crippen LogP contribution in [0, 0.1) is 0 Å². The molecule has 0 atom stereocenters. The van der Waals surface area contributed by atoms with Crippen LogP contribution < -0.4 is 4.74 Å². The Kier molecular flexibility index (Phi) is 3.28. The fraction of sp³-hybridized carbons (Fsp3) is 0.500. The summed E-state index contributed by atoms with van der Waals surface area (Å²) in [6.07, 6.45) is 6.77. The van der Waals surface area contributed by atoms with E-state index in [1.807, 2.05) is 18.2 Å². The highest BCUT2D eigenvalue weighted by molar-refractivity contribution is 5.79.